The quantitative estimate of drug-likeness (QED) is 0.775. The molecule has 0 N–H and O–H groups in total. The molecule has 1 heterocycles. The van der Waals surface area contributed by atoms with Gasteiger partial charge in [0.15, 0.2) is 5.75 Å². The minimum absolute atomic E-state index is 0.126. The summed E-state index contributed by atoms with van der Waals surface area (Å²) in [4.78, 5) is 27.8. The van der Waals surface area contributed by atoms with E-state index in [1.807, 2.05) is 0 Å². The van der Waals surface area contributed by atoms with E-state index >= 15 is 0 Å². The van der Waals surface area contributed by atoms with Crippen molar-refractivity contribution in [1.82, 2.24) is 4.98 Å². The van der Waals surface area contributed by atoms with Crippen LogP contribution < -0.4 is 10.2 Å². The molecule has 2 aromatic rings. The zero-order valence-electron chi connectivity index (χ0n) is 13.0. The standard InChI is InChI=1S/C17H16ClNO4/c1-17(2,3)23-16(21)22-15-8-11(5-4-6-14(15)20)12-7-13(18)10-19-9-12/h4-10H,1-3H3. The Kier molecular flexibility index (Phi) is 5.01. The van der Waals surface area contributed by atoms with Gasteiger partial charge in [-0.15, -0.1) is 0 Å². The molecule has 0 radical (unpaired) electrons. The average Bonchev–Trinajstić information content (AvgIpc) is 2.59. The van der Waals surface area contributed by atoms with Crippen molar-refractivity contribution in [3.8, 4) is 16.9 Å². The number of aromatic nitrogens is 1. The molecule has 0 unspecified atom stereocenters. The normalized spacial score (nSPS) is 11.0. The third kappa shape index (κ3) is 5.07. The molecule has 0 atom stereocenters. The second-order valence-electron chi connectivity index (χ2n) is 5.81. The van der Waals surface area contributed by atoms with Crippen LogP contribution in [0.5, 0.6) is 5.75 Å². The molecule has 0 amide bonds. The van der Waals surface area contributed by atoms with Gasteiger partial charge in [0.25, 0.3) is 0 Å². The largest absolute Gasteiger partial charge is 0.514 e. The Hall–Kier alpha value is -2.40. The van der Waals surface area contributed by atoms with Crippen LogP contribution in [0.1, 0.15) is 20.8 Å². The summed E-state index contributed by atoms with van der Waals surface area (Å²) in [6, 6.07) is 7.74. The van der Waals surface area contributed by atoms with Crippen LogP contribution in [0.15, 0.2) is 47.5 Å². The lowest BCUT2D eigenvalue weighted by Crippen LogP contribution is -2.26. The minimum Gasteiger partial charge on any atom is -0.428 e. The smallest absolute Gasteiger partial charge is 0.428 e. The Balaban J connectivity index is 2.37. The Morgan fingerprint density at radius 1 is 1.13 bits per heavy atom. The molecule has 0 bridgehead atoms. The monoisotopic (exact) mass is 333 g/mol. The first-order chi connectivity index (χ1) is 10.7. The summed E-state index contributed by atoms with van der Waals surface area (Å²) in [7, 11) is 0. The summed E-state index contributed by atoms with van der Waals surface area (Å²) < 4.78 is 10.1. The molecular weight excluding hydrogens is 318 g/mol. The van der Waals surface area contributed by atoms with Crippen molar-refractivity contribution >= 4 is 17.8 Å². The first-order valence-electron chi connectivity index (χ1n) is 6.91. The molecule has 23 heavy (non-hydrogen) atoms. The maximum atomic E-state index is 12.0. The Bertz CT molecular complexity index is 784. The highest BCUT2D eigenvalue weighted by molar-refractivity contribution is 6.30. The van der Waals surface area contributed by atoms with Crippen LogP contribution in [-0.4, -0.2) is 16.7 Å². The zero-order chi connectivity index (χ0) is 17.0. The van der Waals surface area contributed by atoms with Crippen LogP contribution in [0, 0.1) is 0 Å². The number of hydrogen-bond donors (Lipinski definition) is 0. The maximum absolute atomic E-state index is 12.0. The molecule has 1 aromatic heterocycles. The molecular formula is C17H16ClNO4. The SMILES string of the molecule is CC(C)(C)OC(=O)Oc1cc(-c2cncc(Cl)c2)cccc1=O. The van der Waals surface area contributed by atoms with Crippen molar-refractivity contribution in [1.29, 1.82) is 0 Å². The van der Waals surface area contributed by atoms with Crippen LogP contribution >= 0.6 is 11.6 Å². The second-order valence-corrected chi connectivity index (χ2v) is 6.25. The van der Waals surface area contributed by atoms with E-state index in [0.29, 0.717) is 16.1 Å². The van der Waals surface area contributed by atoms with E-state index in [9.17, 15) is 9.59 Å². The van der Waals surface area contributed by atoms with E-state index in [1.165, 1.54) is 18.3 Å². The fraction of sp³-hybridized carbons (Fsp3) is 0.235. The number of hydrogen-bond acceptors (Lipinski definition) is 5. The van der Waals surface area contributed by atoms with Gasteiger partial charge in [-0.1, -0.05) is 23.7 Å². The zero-order valence-corrected chi connectivity index (χ0v) is 13.8. The lowest BCUT2D eigenvalue weighted by atomic mass is 10.1. The van der Waals surface area contributed by atoms with Gasteiger partial charge < -0.3 is 9.47 Å². The summed E-state index contributed by atoms with van der Waals surface area (Å²) >= 11 is 5.93. The van der Waals surface area contributed by atoms with Gasteiger partial charge >= 0.3 is 6.16 Å². The molecule has 0 saturated heterocycles. The third-order valence-electron chi connectivity index (χ3n) is 2.67. The Morgan fingerprint density at radius 2 is 1.87 bits per heavy atom. The molecule has 0 saturated carbocycles. The number of pyridine rings is 1. The van der Waals surface area contributed by atoms with Crippen molar-refractivity contribution in [2.24, 2.45) is 0 Å². The summed E-state index contributed by atoms with van der Waals surface area (Å²) in [5.74, 6) is -0.126. The summed E-state index contributed by atoms with van der Waals surface area (Å²) in [6.07, 6.45) is 2.17. The van der Waals surface area contributed by atoms with Crippen molar-refractivity contribution in [2.45, 2.75) is 26.4 Å². The van der Waals surface area contributed by atoms with Crippen LogP contribution in [0.2, 0.25) is 5.02 Å². The number of halogens is 1. The van der Waals surface area contributed by atoms with Gasteiger partial charge in [-0.25, -0.2) is 4.79 Å². The molecule has 0 spiro atoms. The fourth-order valence-electron chi connectivity index (χ4n) is 1.77. The summed E-state index contributed by atoms with van der Waals surface area (Å²) in [5.41, 5.74) is 0.191. The van der Waals surface area contributed by atoms with E-state index in [4.69, 9.17) is 21.1 Å². The Labute approximate surface area is 138 Å². The first-order valence-corrected chi connectivity index (χ1v) is 7.28. The van der Waals surface area contributed by atoms with Crippen LogP contribution in [0.4, 0.5) is 4.79 Å². The molecule has 0 aliphatic carbocycles. The van der Waals surface area contributed by atoms with Gasteiger partial charge in [0.1, 0.15) is 5.60 Å². The van der Waals surface area contributed by atoms with Crippen LogP contribution in [0.3, 0.4) is 0 Å². The lowest BCUT2D eigenvalue weighted by molar-refractivity contribution is 0.0204. The van der Waals surface area contributed by atoms with Crippen molar-refractivity contribution in [3.05, 3.63) is 58.0 Å². The molecule has 5 nitrogen and oxygen atoms in total. The van der Waals surface area contributed by atoms with Crippen LogP contribution in [-0.2, 0) is 4.74 Å². The third-order valence-corrected chi connectivity index (χ3v) is 2.88. The molecule has 2 rings (SSSR count). The molecule has 0 aliphatic rings. The van der Waals surface area contributed by atoms with E-state index in [0.717, 1.165) is 0 Å². The minimum atomic E-state index is -0.934. The summed E-state index contributed by atoms with van der Waals surface area (Å²) in [6.45, 7) is 5.13. The summed E-state index contributed by atoms with van der Waals surface area (Å²) in [5, 5.41) is 0.464. The molecule has 120 valence electrons. The number of carbonyl (C=O) groups excluding carboxylic acids is 1. The number of nitrogens with zero attached hydrogens (tertiary/aromatic N) is 1. The van der Waals surface area contributed by atoms with E-state index in [2.05, 4.69) is 4.98 Å². The molecule has 6 heteroatoms. The van der Waals surface area contributed by atoms with Gasteiger partial charge in [0.05, 0.1) is 5.02 Å². The predicted molar refractivity (Wildman–Crippen MR) is 87.8 cm³/mol. The number of ether oxygens (including phenoxy) is 2. The maximum Gasteiger partial charge on any atom is 0.514 e. The highest BCUT2D eigenvalue weighted by Gasteiger charge is 2.19. The van der Waals surface area contributed by atoms with E-state index < -0.39 is 17.2 Å². The highest BCUT2D eigenvalue weighted by atomic mass is 35.5. The predicted octanol–water partition coefficient (Wildman–Crippen LogP) is 4.08. The average molecular weight is 334 g/mol. The second kappa shape index (κ2) is 6.79. The van der Waals surface area contributed by atoms with Gasteiger partial charge in [-0.05, 0) is 44.5 Å². The molecule has 0 fully saturated rings. The fourth-order valence-corrected chi connectivity index (χ4v) is 1.95. The number of carbonyl (C=O) groups is 1. The van der Waals surface area contributed by atoms with Crippen molar-refractivity contribution in [2.75, 3.05) is 0 Å². The van der Waals surface area contributed by atoms with E-state index in [1.54, 1.807) is 45.2 Å². The van der Waals surface area contributed by atoms with Gasteiger partial charge in [0, 0.05) is 18.0 Å². The van der Waals surface area contributed by atoms with Crippen LogP contribution in [0.25, 0.3) is 11.1 Å². The van der Waals surface area contributed by atoms with Gasteiger partial charge in [0.2, 0.25) is 5.43 Å². The highest BCUT2D eigenvalue weighted by Crippen LogP contribution is 2.23. The van der Waals surface area contributed by atoms with Crippen molar-refractivity contribution in [3.63, 3.8) is 0 Å². The Morgan fingerprint density at radius 3 is 2.52 bits per heavy atom. The first kappa shape index (κ1) is 17.0. The van der Waals surface area contributed by atoms with Crippen molar-refractivity contribution < 1.29 is 14.3 Å². The topological polar surface area (TPSA) is 65.5 Å². The van der Waals surface area contributed by atoms with Gasteiger partial charge in [-0.2, -0.15) is 0 Å². The van der Waals surface area contributed by atoms with E-state index in [-0.39, 0.29) is 5.75 Å². The lowest BCUT2D eigenvalue weighted by Gasteiger charge is -2.18. The molecule has 0 aliphatic heterocycles. The van der Waals surface area contributed by atoms with Gasteiger partial charge in [-0.3, -0.25) is 9.78 Å². The number of rotatable bonds is 2. The molecule has 1 aromatic carbocycles.